The number of carbonyl (C=O) groups excluding carboxylic acids is 1. The number of hydrogen-bond donors (Lipinski definition) is 2. The topological polar surface area (TPSA) is 57.8 Å². The summed E-state index contributed by atoms with van der Waals surface area (Å²) in [6.45, 7) is 0. The number of halogens is 2. The molecule has 0 aliphatic heterocycles. The number of H-pyrrole nitrogens is 1. The number of nitrogens with one attached hydrogen (secondary N) is 2. The van der Waals surface area contributed by atoms with Crippen LogP contribution >= 0.6 is 23.2 Å². The first-order valence-electron chi connectivity index (χ1n) is 9.38. The van der Waals surface area contributed by atoms with E-state index in [-0.39, 0.29) is 5.91 Å². The third-order valence-corrected chi connectivity index (χ3v) is 5.33. The third kappa shape index (κ3) is 4.44. The Morgan fingerprint density at radius 1 is 1.03 bits per heavy atom. The van der Waals surface area contributed by atoms with Gasteiger partial charge in [-0.3, -0.25) is 9.78 Å². The minimum absolute atomic E-state index is 0.0894. The zero-order valence-corrected chi connectivity index (χ0v) is 17.1. The van der Waals surface area contributed by atoms with Crippen LogP contribution in [0.3, 0.4) is 0 Å². The van der Waals surface area contributed by atoms with Gasteiger partial charge < -0.3 is 10.3 Å². The summed E-state index contributed by atoms with van der Waals surface area (Å²) in [4.78, 5) is 20.4. The molecule has 0 aliphatic rings. The van der Waals surface area contributed by atoms with Gasteiger partial charge in [-0.1, -0.05) is 47.5 Å². The van der Waals surface area contributed by atoms with Crippen molar-refractivity contribution >= 4 is 45.7 Å². The number of nitrogens with zero attached hydrogens (tertiary/aromatic N) is 1. The van der Waals surface area contributed by atoms with Gasteiger partial charge in [0.1, 0.15) is 0 Å². The average Bonchev–Trinajstić information content (AvgIpc) is 3.10. The van der Waals surface area contributed by atoms with Gasteiger partial charge in [-0.05, 0) is 54.8 Å². The summed E-state index contributed by atoms with van der Waals surface area (Å²) in [5.41, 5.74) is 4.68. The lowest BCUT2D eigenvalue weighted by atomic mass is 10.0. The zero-order valence-electron chi connectivity index (χ0n) is 15.6. The van der Waals surface area contributed by atoms with Crippen molar-refractivity contribution in [3.63, 3.8) is 0 Å². The monoisotopic (exact) mass is 423 g/mol. The number of hydrogen-bond acceptors (Lipinski definition) is 2. The van der Waals surface area contributed by atoms with Crippen LogP contribution in [0, 0.1) is 0 Å². The summed E-state index contributed by atoms with van der Waals surface area (Å²) < 4.78 is 0. The van der Waals surface area contributed by atoms with E-state index in [0.29, 0.717) is 28.6 Å². The van der Waals surface area contributed by atoms with Gasteiger partial charge in [0.15, 0.2) is 0 Å². The number of benzene rings is 2. The molecule has 146 valence electrons. The van der Waals surface area contributed by atoms with Crippen molar-refractivity contribution in [2.45, 2.75) is 19.3 Å². The first-order valence-corrected chi connectivity index (χ1v) is 10.1. The van der Waals surface area contributed by atoms with Crippen molar-refractivity contribution in [3.8, 4) is 11.4 Å². The number of fused-ring (bicyclic) bond motifs is 1. The molecule has 0 aliphatic carbocycles. The van der Waals surface area contributed by atoms with Crippen LogP contribution in [-0.2, 0) is 11.2 Å². The Balaban J connectivity index is 1.50. The van der Waals surface area contributed by atoms with Gasteiger partial charge >= 0.3 is 0 Å². The van der Waals surface area contributed by atoms with Crippen LogP contribution in [0.15, 0.2) is 66.9 Å². The van der Waals surface area contributed by atoms with Crippen molar-refractivity contribution in [1.29, 1.82) is 0 Å². The quantitative estimate of drug-likeness (QED) is 0.371. The van der Waals surface area contributed by atoms with E-state index in [2.05, 4.69) is 27.4 Å². The molecule has 0 fully saturated rings. The van der Waals surface area contributed by atoms with E-state index in [1.165, 1.54) is 5.56 Å². The Morgan fingerprint density at radius 3 is 2.69 bits per heavy atom. The highest BCUT2D eigenvalue weighted by molar-refractivity contribution is 6.35. The van der Waals surface area contributed by atoms with Crippen LogP contribution in [0.2, 0.25) is 10.0 Å². The van der Waals surface area contributed by atoms with E-state index < -0.39 is 0 Å². The molecule has 4 aromatic rings. The van der Waals surface area contributed by atoms with Crippen LogP contribution in [-0.4, -0.2) is 15.9 Å². The summed E-state index contributed by atoms with van der Waals surface area (Å²) in [7, 11) is 0. The number of para-hydroxylation sites is 1. The number of carbonyl (C=O) groups is 1. The normalized spacial score (nSPS) is 11.0. The highest BCUT2D eigenvalue weighted by Crippen LogP contribution is 2.31. The third-order valence-electron chi connectivity index (χ3n) is 4.77. The molecule has 2 heterocycles. The minimum Gasteiger partial charge on any atom is -0.353 e. The van der Waals surface area contributed by atoms with Crippen molar-refractivity contribution in [2.75, 3.05) is 5.32 Å². The summed E-state index contributed by atoms with van der Waals surface area (Å²) in [5, 5.41) is 5.00. The van der Waals surface area contributed by atoms with Gasteiger partial charge in [0.05, 0.1) is 22.1 Å². The largest absolute Gasteiger partial charge is 0.353 e. The maximum atomic E-state index is 12.4. The van der Waals surface area contributed by atoms with E-state index >= 15 is 0 Å². The maximum absolute atomic E-state index is 12.4. The Hall–Kier alpha value is -2.82. The van der Waals surface area contributed by atoms with Crippen LogP contribution in [0.4, 0.5) is 5.69 Å². The Kier molecular flexibility index (Phi) is 5.84. The summed E-state index contributed by atoms with van der Waals surface area (Å²) >= 11 is 12.1. The van der Waals surface area contributed by atoms with Gasteiger partial charge in [-0.15, -0.1) is 0 Å². The first-order chi connectivity index (χ1) is 14.1. The molecule has 0 saturated heterocycles. The van der Waals surface area contributed by atoms with Gasteiger partial charge in [0.2, 0.25) is 5.91 Å². The molecular formula is C23H19Cl2N3O. The zero-order chi connectivity index (χ0) is 20.2. The average molecular weight is 424 g/mol. The molecule has 2 N–H and O–H groups in total. The summed E-state index contributed by atoms with van der Waals surface area (Å²) in [5.74, 6) is -0.0894. The highest BCUT2D eigenvalue weighted by atomic mass is 35.5. The lowest BCUT2D eigenvalue weighted by Gasteiger charge is -2.08. The van der Waals surface area contributed by atoms with Crippen molar-refractivity contribution < 1.29 is 4.79 Å². The van der Waals surface area contributed by atoms with Crippen molar-refractivity contribution in [1.82, 2.24) is 9.97 Å². The Morgan fingerprint density at radius 2 is 1.86 bits per heavy atom. The van der Waals surface area contributed by atoms with Gasteiger partial charge in [-0.2, -0.15) is 0 Å². The standard InChI is InChI=1S/C23H19Cl2N3O/c24-15-11-12-18(25)21(14-15)27-22(29)10-5-7-17-16-6-1-2-8-19(16)28-23(17)20-9-3-4-13-26-20/h1-4,6,8-9,11-14,28H,5,7,10H2,(H,27,29). The molecule has 29 heavy (non-hydrogen) atoms. The summed E-state index contributed by atoms with van der Waals surface area (Å²) in [6, 6.07) is 19.1. The lowest BCUT2D eigenvalue weighted by molar-refractivity contribution is -0.116. The predicted molar refractivity (Wildman–Crippen MR) is 120 cm³/mol. The molecule has 1 amide bonds. The second-order valence-corrected chi connectivity index (χ2v) is 7.61. The van der Waals surface area contributed by atoms with Gasteiger partial charge in [-0.25, -0.2) is 0 Å². The van der Waals surface area contributed by atoms with Crippen LogP contribution in [0.1, 0.15) is 18.4 Å². The van der Waals surface area contributed by atoms with E-state index in [9.17, 15) is 4.79 Å². The molecule has 0 radical (unpaired) electrons. The number of aromatic amines is 1. The fourth-order valence-electron chi connectivity index (χ4n) is 3.42. The Labute approximate surface area is 178 Å². The number of anilines is 1. The SMILES string of the molecule is O=C(CCCc1c(-c2ccccn2)[nH]c2ccccc12)Nc1cc(Cl)ccc1Cl. The maximum Gasteiger partial charge on any atom is 0.224 e. The predicted octanol–water partition coefficient (Wildman–Crippen LogP) is 6.50. The minimum atomic E-state index is -0.0894. The molecule has 0 bridgehead atoms. The van der Waals surface area contributed by atoms with E-state index in [0.717, 1.165) is 28.7 Å². The van der Waals surface area contributed by atoms with Crippen LogP contribution < -0.4 is 5.32 Å². The molecule has 4 rings (SSSR count). The molecule has 6 heteroatoms. The second-order valence-electron chi connectivity index (χ2n) is 6.77. The van der Waals surface area contributed by atoms with Gasteiger partial charge in [0.25, 0.3) is 0 Å². The second kappa shape index (κ2) is 8.68. The number of rotatable bonds is 6. The van der Waals surface area contributed by atoms with E-state index in [1.807, 2.05) is 30.3 Å². The first kappa shape index (κ1) is 19.5. The fourth-order valence-corrected chi connectivity index (χ4v) is 3.76. The molecule has 0 saturated carbocycles. The number of amides is 1. The summed E-state index contributed by atoms with van der Waals surface area (Å²) in [6.07, 6.45) is 3.62. The smallest absolute Gasteiger partial charge is 0.224 e. The molecule has 0 spiro atoms. The molecule has 4 nitrogen and oxygen atoms in total. The van der Waals surface area contributed by atoms with Crippen molar-refractivity contribution in [2.24, 2.45) is 0 Å². The van der Waals surface area contributed by atoms with Gasteiger partial charge in [0, 0.05) is 28.5 Å². The van der Waals surface area contributed by atoms with Crippen molar-refractivity contribution in [3.05, 3.63) is 82.5 Å². The highest BCUT2D eigenvalue weighted by Gasteiger charge is 2.14. The Bertz CT molecular complexity index is 1160. The lowest BCUT2D eigenvalue weighted by Crippen LogP contribution is -2.12. The molecule has 0 unspecified atom stereocenters. The number of aromatic nitrogens is 2. The number of aryl methyl sites for hydroxylation is 1. The molecule has 2 aromatic heterocycles. The molecule has 0 atom stereocenters. The molecular weight excluding hydrogens is 405 g/mol. The van der Waals surface area contributed by atoms with E-state index in [1.54, 1.807) is 24.4 Å². The fraction of sp³-hybridized carbons (Fsp3) is 0.130. The van der Waals surface area contributed by atoms with Crippen LogP contribution in [0.5, 0.6) is 0 Å². The number of pyridine rings is 1. The van der Waals surface area contributed by atoms with E-state index in [4.69, 9.17) is 23.2 Å². The van der Waals surface area contributed by atoms with Crippen LogP contribution in [0.25, 0.3) is 22.3 Å². The molecule has 2 aromatic carbocycles.